The minimum atomic E-state index is -0.587. The van der Waals surface area contributed by atoms with E-state index in [0.717, 1.165) is 18.9 Å². The number of benzene rings is 2. The van der Waals surface area contributed by atoms with Crippen molar-refractivity contribution in [2.24, 2.45) is 0 Å². The van der Waals surface area contributed by atoms with Crippen LogP contribution in [0.15, 0.2) is 42.5 Å². The molecule has 1 saturated heterocycles. The Hall–Kier alpha value is -3.42. The monoisotopic (exact) mass is 384 g/mol. The lowest BCUT2D eigenvalue weighted by atomic mass is 10.1. The lowest BCUT2D eigenvalue weighted by molar-refractivity contribution is -0.114. The summed E-state index contributed by atoms with van der Waals surface area (Å²) in [5.74, 6) is -1.40. The maximum atomic E-state index is 13.7. The molecule has 4 amide bonds. The molecule has 3 N–H and O–H groups in total. The summed E-state index contributed by atoms with van der Waals surface area (Å²) in [6.07, 6.45) is 1.88. The first-order valence-corrected chi connectivity index (χ1v) is 8.97. The molecule has 0 bridgehead atoms. The van der Waals surface area contributed by atoms with Gasteiger partial charge in [-0.25, -0.2) is 9.18 Å². The van der Waals surface area contributed by atoms with Crippen molar-refractivity contribution in [3.8, 4) is 0 Å². The van der Waals surface area contributed by atoms with E-state index in [2.05, 4.69) is 16.0 Å². The number of nitrogens with zero attached hydrogens (tertiary/aromatic N) is 1. The predicted octanol–water partition coefficient (Wildman–Crippen LogP) is 3.66. The number of likely N-dealkylation sites (tertiary alicyclic amines) is 1. The Morgan fingerprint density at radius 3 is 2.29 bits per heavy atom. The molecule has 1 fully saturated rings. The molecule has 1 aliphatic heterocycles. The molecule has 0 aromatic heterocycles. The fourth-order valence-electron chi connectivity index (χ4n) is 3.00. The SMILES string of the molecule is CC(=O)Nc1cccc(NC(=O)c2cc(F)ccc2NC(=O)N2CCCC2)c1. The fraction of sp³-hybridized carbons (Fsp3) is 0.250. The van der Waals surface area contributed by atoms with E-state index in [4.69, 9.17) is 0 Å². The van der Waals surface area contributed by atoms with Crippen LogP contribution < -0.4 is 16.0 Å². The van der Waals surface area contributed by atoms with E-state index in [1.54, 1.807) is 29.2 Å². The highest BCUT2D eigenvalue weighted by Gasteiger charge is 2.21. The zero-order chi connectivity index (χ0) is 20.1. The van der Waals surface area contributed by atoms with Crippen LogP contribution in [-0.4, -0.2) is 35.8 Å². The van der Waals surface area contributed by atoms with Gasteiger partial charge in [0.25, 0.3) is 5.91 Å². The number of amides is 4. The molecule has 1 heterocycles. The van der Waals surface area contributed by atoms with Crippen LogP contribution in [0.2, 0.25) is 0 Å². The average Bonchev–Trinajstić information content (AvgIpc) is 3.17. The molecule has 0 atom stereocenters. The predicted molar refractivity (Wildman–Crippen MR) is 105 cm³/mol. The van der Waals surface area contributed by atoms with Gasteiger partial charge in [-0.3, -0.25) is 9.59 Å². The van der Waals surface area contributed by atoms with Crippen LogP contribution in [0.1, 0.15) is 30.1 Å². The number of rotatable bonds is 4. The van der Waals surface area contributed by atoms with Gasteiger partial charge in [0, 0.05) is 31.4 Å². The van der Waals surface area contributed by atoms with Gasteiger partial charge in [0.15, 0.2) is 0 Å². The average molecular weight is 384 g/mol. The molecule has 0 radical (unpaired) electrons. The van der Waals surface area contributed by atoms with Gasteiger partial charge in [-0.2, -0.15) is 0 Å². The molecule has 0 spiro atoms. The zero-order valence-corrected chi connectivity index (χ0v) is 15.4. The standard InChI is InChI=1S/C20H21FN4O3/c1-13(26)22-15-5-4-6-16(12-15)23-19(27)17-11-14(21)7-8-18(17)24-20(28)25-9-2-3-10-25/h4-8,11-12H,2-3,9-10H2,1H3,(H,22,26)(H,23,27)(H,24,28). The minimum absolute atomic E-state index is 0.0116. The normalized spacial score (nSPS) is 13.1. The Morgan fingerprint density at radius 1 is 0.929 bits per heavy atom. The van der Waals surface area contributed by atoms with Gasteiger partial charge in [-0.1, -0.05) is 6.07 Å². The molecule has 28 heavy (non-hydrogen) atoms. The second kappa shape index (κ2) is 8.51. The molecule has 8 heteroatoms. The van der Waals surface area contributed by atoms with Crippen molar-refractivity contribution >= 4 is 34.9 Å². The second-order valence-corrected chi connectivity index (χ2v) is 6.53. The largest absolute Gasteiger partial charge is 0.326 e. The molecule has 2 aromatic rings. The molecular weight excluding hydrogens is 363 g/mol. The first-order chi connectivity index (χ1) is 13.4. The fourth-order valence-corrected chi connectivity index (χ4v) is 3.00. The summed E-state index contributed by atoms with van der Waals surface area (Å²) in [5.41, 5.74) is 1.19. The van der Waals surface area contributed by atoms with Crippen LogP contribution >= 0.6 is 0 Å². The maximum absolute atomic E-state index is 13.7. The number of hydrogen-bond acceptors (Lipinski definition) is 3. The van der Waals surface area contributed by atoms with E-state index >= 15 is 0 Å². The van der Waals surface area contributed by atoms with E-state index < -0.39 is 11.7 Å². The van der Waals surface area contributed by atoms with Crippen LogP contribution in [0.4, 0.5) is 26.2 Å². The van der Waals surface area contributed by atoms with Gasteiger partial charge >= 0.3 is 6.03 Å². The highest BCUT2D eigenvalue weighted by Crippen LogP contribution is 2.22. The lowest BCUT2D eigenvalue weighted by Gasteiger charge is -2.18. The van der Waals surface area contributed by atoms with Crippen molar-refractivity contribution < 1.29 is 18.8 Å². The van der Waals surface area contributed by atoms with Crippen molar-refractivity contribution in [1.29, 1.82) is 0 Å². The molecule has 7 nitrogen and oxygen atoms in total. The van der Waals surface area contributed by atoms with Crippen molar-refractivity contribution in [2.45, 2.75) is 19.8 Å². The Kier molecular flexibility index (Phi) is 5.88. The molecule has 3 rings (SSSR count). The molecule has 0 saturated carbocycles. The Balaban J connectivity index is 1.78. The van der Waals surface area contributed by atoms with E-state index in [-0.39, 0.29) is 23.2 Å². The van der Waals surface area contributed by atoms with Crippen LogP contribution in [0.25, 0.3) is 0 Å². The lowest BCUT2D eigenvalue weighted by Crippen LogP contribution is -2.32. The third-order valence-corrected chi connectivity index (χ3v) is 4.30. The molecular formula is C20H21FN4O3. The number of carbonyl (C=O) groups is 3. The van der Waals surface area contributed by atoms with Gasteiger partial charge in [-0.15, -0.1) is 0 Å². The number of carbonyl (C=O) groups excluding carboxylic acids is 3. The molecule has 146 valence electrons. The topological polar surface area (TPSA) is 90.5 Å². The minimum Gasteiger partial charge on any atom is -0.326 e. The van der Waals surface area contributed by atoms with Crippen molar-refractivity contribution in [3.05, 3.63) is 53.8 Å². The van der Waals surface area contributed by atoms with Gasteiger partial charge in [0.1, 0.15) is 5.82 Å². The smallest absolute Gasteiger partial charge is 0.321 e. The van der Waals surface area contributed by atoms with Gasteiger partial charge < -0.3 is 20.9 Å². The zero-order valence-electron chi connectivity index (χ0n) is 15.4. The van der Waals surface area contributed by atoms with E-state index in [1.807, 2.05) is 0 Å². The summed E-state index contributed by atoms with van der Waals surface area (Å²) in [6.45, 7) is 2.70. The molecule has 2 aromatic carbocycles. The number of anilines is 3. The summed E-state index contributed by atoms with van der Waals surface area (Å²) < 4.78 is 13.7. The summed E-state index contributed by atoms with van der Waals surface area (Å²) >= 11 is 0. The number of halogens is 1. The van der Waals surface area contributed by atoms with Gasteiger partial charge in [-0.05, 0) is 49.2 Å². The van der Waals surface area contributed by atoms with E-state index in [1.165, 1.54) is 19.1 Å². The second-order valence-electron chi connectivity index (χ2n) is 6.53. The molecule has 0 aliphatic carbocycles. The van der Waals surface area contributed by atoms with E-state index in [0.29, 0.717) is 24.5 Å². The maximum Gasteiger partial charge on any atom is 0.321 e. The Bertz CT molecular complexity index is 910. The Labute approximate surface area is 161 Å². The summed E-state index contributed by atoms with van der Waals surface area (Å²) in [6, 6.07) is 9.90. The third kappa shape index (κ3) is 4.85. The third-order valence-electron chi connectivity index (χ3n) is 4.30. The van der Waals surface area contributed by atoms with Crippen molar-refractivity contribution in [3.63, 3.8) is 0 Å². The van der Waals surface area contributed by atoms with Crippen LogP contribution in [0, 0.1) is 5.82 Å². The van der Waals surface area contributed by atoms with Crippen LogP contribution in [0.5, 0.6) is 0 Å². The first kappa shape index (κ1) is 19.3. The number of urea groups is 1. The summed E-state index contributed by atoms with van der Waals surface area (Å²) in [4.78, 5) is 37.9. The molecule has 1 aliphatic rings. The van der Waals surface area contributed by atoms with Crippen molar-refractivity contribution in [2.75, 3.05) is 29.0 Å². The van der Waals surface area contributed by atoms with Crippen molar-refractivity contribution in [1.82, 2.24) is 4.90 Å². The quantitative estimate of drug-likeness (QED) is 0.751. The number of hydrogen-bond donors (Lipinski definition) is 3. The number of nitrogens with one attached hydrogen (secondary N) is 3. The van der Waals surface area contributed by atoms with Crippen LogP contribution in [0.3, 0.4) is 0 Å². The summed E-state index contributed by atoms with van der Waals surface area (Å²) in [5, 5.41) is 7.97. The van der Waals surface area contributed by atoms with E-state index in [9.17, 15) is 18.8 Å². The van der Waals surface area contributed by atoms with Crippen LogP contribution in [-0.2, 0) is 4.79 Å². The van der Waals surface area contributed by atoms with Gasteiger partial charge in [0.2, 0.25) is 5.91 Å². The first-order valence-electron chi connectivity index (χ1n) is 8.97. The summed E-state index contributed by atoms with van der Waals surface area (Å²) in [7, 11) is 0. The highest BCUT2D eigenvalue weighted by molar-refractivity contribution is 6.10. The highest BCUT2D eigenvalue weighted by atomic mass is 19.1. The molecule has 0 unspecified atom stereocenters. The Morgan fingerprint density at radius 2 is 1.61 bits per heavy atom. The van der Waals surface area contributed by atoms with Gasteiger partial charge in [0.05, 0.1) is 11.3 Å².